The Balaban J connectivity index is 1.61. The predicted molar refractivity (Wildman–Crippen MR) is 108 cm³/mol. The van der Waals surface area contributed by atoms with E-state index in [9.17, 15) is 4.79 Å². The summed E-state index contributed by atoms with van der Waals surface area (Å²) in [5, 5.41) is 7.53. The Labute approximate surface area is 159 Å². The number of benzene rings is 2. The molecule has 5 nitrogen and oxygen atoms in total. The number of nitrogens with one attached hydrogen (secondary N) is 2. The molecule has 4 rings (SSSR count). The minimum atomic E-state index is -0.0145. The molecule has 2 N–H and O–H groups in total. The van der Waals surface area contributed by atoms with E-state index in [0.29, 0.717) is 19.8 Å². The first kappa shape index (κ1) is 17.8. The van der Waals surface area contributed by atoms with Gasteiger partial charge in [-0.3, -0.25) is 4.79 Å². The highest BCUT2D eigenvalue weighted by atomic mass is 16.5. The zero-order valence-corrected chi connectivity index (χ0v) is 15.8. The van der Waals surface area contributed by atoms with Crippen LogP contribution in [0.15, 0.2) is 42.5 Å². The van der Waals surface area contributed by atoms with Gasteiger partial charge in [-0.2, -0.15) is 0 Å². The van der Waals surface area contributed by atoms with Crippen LogP contribution < -0.4 is 10.6 Å². The van der Waals surface area contributed by atoms with E-state index in [4.69, 9.17) is 4.74 Å². The molecule has 2 aromatic carbocycles. The van der Waals surface area contributed by atoms with Crippen molar-refractivity contribution in [3.63, 3.8) is 0 Å². The Morgan fingerprint density at radius 2 is 2.00 bits per heavy atom. The maximum Gasteiger partial charge on any atom is 0.244 e. The van der Waals surface area contributed by atoms with Crippen molar-refractivity contribution in [1.82, 2.24) is 9.88 Å². The van der Waals surface area contributed by atoms with Gasteiger partial charge in [-0.25, -0.2) is 0 Å². The van der Waals surface area contributed by atoms with Crippen molar-refractivity contribution >= 4 is 22.5 Å². The van der Waals surface area contributed by atoms with E-state index in [1.165, 1.54) is 10.9 Å². The molecule has 0 spiro atoms. The van der Waals surface area contributed by atoms with Gasteiger partial charge in [-0.1, -0.05) is 30.3 Å². The first-order chi connectivity index (χ1) is 13.2. The number of hydrogen-bond donors (Lipinski definition) is 2. The van der Waals surface area contributed by atoms with Crippen molar-refractivity contribution in [3.05, 3.63) is 64.8 Å². The van der Waals surface area contributed by atoms with Gasteiger partial charge in [0.15, 0.2) is 0 Å². The van der Waals surface area contributed by atoms with Crippen LogP contribution in [0.2, 0.25) is 0 Å². The van der Waals surface area contributed by atoms with Crippen LogP contribution in [0.25, 0.3) is 10.9 Å². The third-order valence-electron chi connectivity index (χ3n) is 5.34. The molecule has 140 valence electrons. The summed E-state index contributed by atoms with van der Waals surface area (Å²) in [7, 11) is 1.96. The lowest BCUT2D eigenvalue weighted by atomic mass is 10.1. The maximum atomic E-state index is 12.8. The van der Waals surface area contributed by atoms with Crippen LogP contribution in [0.1, 0.15) is 22.4 Å². The molecule has 0 unspecified atom stereocenters. The minimum Gasteiger partial charge on any atom is -0.372 e. The first-order valence-corrected chi connectivity index (χ1v) is 9.38. The first-order valence-electron chi connectivity index (χ1n) is 9.38. The number of aromatic nitrogens is 1. The minimum absolute atomic E-state index is 0.0145. The summed E-state index contributed by atoms with van der Waals surface area (Å²) >= 11 is 0. The van der Waals surface area contributed by atoms with Crippen molar-refractivity contribution in [1.29, 1.82) is 0 Å². The fourth-order valence-electron chi connectivity index (χ4n) is 3.93. The van der Waals surface area contributed by atoms with Crippen molar-refractivity contribution in [2.24, 2.45) is 0 Å². The number of anilines is 1. The normalized spacial score (nSPS) is 13.1. The molecule has 2 heterocycles. The number of amides is 1. The van der Waals surface area contributed by atoms with Crippen molar-refractivity contribution in [2.75, 3.05) is 18.9 Å². The van der Waals surface area contributed by atoms with E-state index >= 15 is 0 Å². The number of fused-ring (bicyclic) bond motifs is 2. The highest BCUT2D eigenvalue weighted by Gasteiger charge is 2.18. The molecule has 3 aromatic rings. The molecule has 0 saturated carbocycles. The third kappa shape index (κ3) is 3.36. The molecular formula is C22H25N3O2. The van der Waals surface area contributed by atoms with Gasteiger partial charge in [0.05, 0.1) is 13.2 Å². The molecule has 1 amide bonds. The van der Waals surface area contributed by atoms with E-state index in [0.717, 1.165) is 41.0 Å². The van der Waals surface area contributed by atoms with Crippen LogP contribution in [0, 0.1) is 6.92 Å². The average molecular weight is 363 g/mol. The second-order valence-electron chi connectivity index (χ2n) is 7.01. The summed E-state index contributed by atoms with van der Waals surface area (Å²) in [6.45, 7) is 4.50. The van der Waals surface area contributed by atoms with E-state index in [-0.39, 0.29) is 5.91 Å². The van der Waals surface area contributed by atoms with Crippen molar-refractivity contribution in [2.45, 2.75) is 33.1 Å². The molecule has 0 fully saturated rings. The largest absolute Gasteiger partial charge is 0.372 e. The molecule has 0 saturated heterocycles. The van der Waals surface area contributed by atoms with E-state index < -0.39 is 0 Å². The smallest absolute Gasteiger partial charge is 0.244 e. The zero-order valence-electron chi connectivity index (χ0n) is 15.8. The van der Waals surface area contributed by atoms with Gasteiger partial charge in [0.2, 0.25) is 5.91 Å². The summed E-state index contributed by atoms with van der Waals surface area (Å²) in [6.07, 6.45) is 0.945. The van der Waals surface area contributed by atoms with Crippen LogP contribution in [0.3, 0.4) is 0 Å². The summed E-state index contributed by atoms with van der Waals surface area (Å²) in [6, 6.07) is 14.3. The number of carbonyl (C=O) groups excluding carboxylic acids is 1. The number of ether oxygens (including phenoxy) is 1. The summed E-state index contributed by atoms with van der Waals surface area (Å²) in [5.74, 6) is -0.0145. The van der Waals surface area contributed by atoms with Gasteiger partial charge >= 0.3 is 0 Å². The summed E-state index contributed by atoms with van der Waals surface area (Å²) < 4.78 is 7.63. The second kappa shape index (κ2) is 7.55. The van der Waals surface area contributed by atoms with Gasteiger partial charge in [0.25, 0.3) is 0 Å². The van der Waals surface area contributed by atoms with E-state index in [1.54, 1.807) is 0 Å². The fraction of sp³-hybridized carbons (Fsp3) is 0.318. The number of rotatable bonds is 6. The Morgan fingerprint density at radius 1 is 1.15 bits per heavy atom. The number of para-hydroxylation sites is 1. The monoisotopic (exact) mass is 363 g/mol. The maximum absolute atomic E-state index is 12.8. The van der Waals surface area contributed by atoms with E-state index in [1.807, 2.05) is 25.2 Å². The third-order valence-corrected chi connectivity index (χ3v) is 5.34. The number of carbonyl (C=O) groups is 1. The van der Waals surface area contributed by atoms with Gasteiger partial charge in [-0.15, -0.1) is 0 Å². The molecule has 1 aliphatic rings. The van der Waals surface area contributed by atoms with Gasteiger partial charge in [-0.05, 0) is 50.2 Å². The SMILES string of the molecule is CNCCc1c(C)n(CC(=O)Nc2cccc3c2COC3)c2ccccc12. The lowest BCUT2D eigenvalue weighted by Gasteiger charge is -2.12. The van der Waals surface area contributed by atoms with Crippen LogP contribution in [-0.2, 0) is 35.7 Å². The molecule has 0 radical (unpaired) electrons. The highest BCUT2D eigenvalue weighted by molar-refractivity contribution is 5.94. The Bertz CT molecular complexity index is 991. The van der Waals surface area contributed by atoms with Gasteiger partial charge < -0.3 is 19.9 Å². The predicted octanol–water partition coefficient (Wildman–Crippen LogP) is 3.38. The Hall–Kier alpha value is -2.63. The molecule has 27 heavy (non-hydrogen) atoms. The second-order valence-corrected chi connectivity index (χ2v) is 7.01. The molecular weight excluding hydrogens is 338 g/mol. The molecule has 0 atom stereocenters. The molecule has 5 heteroatoms. The van der Waals surface area contributed by atoms with Crippen LogP contribution in [0.5, 0.6) is 0 Å². The molecule has 0 aliphatic carbocycles. The molecule has 0 bridgehead atoms. The van der Waals surface area contributed by atoms with Crippen LogP contribution in [-0.4, -0.2) is 24.1 Å². The standard InChI is InChI=1S/C22H25N3O2/c1-15-17(10-11-23-2)18-7-3-4-9-21(18)25(15)12-22(26)24-20-8-5-6-16-13-27-14-19(16)20/h3-9,23H,10-14H2,1-2H3,(H,24,26). The number of nitrogens with zero attached hydrogens (tertiary/aromatic N) is 1. The fourth-order valence-corrected chi connectivity index (χ4v) is 3.93. The molecule has 1 aromatic heterocycles. The number of likely N-dealkylation sites (N-methyl/N-ethyl adjacent to an activating group) is 1. The lowest BCUT2D eigenvalue weighted by molar-refractivity contribution is -0.116. The van der Waals surface area contributed by atoms with Crippen molar-refractivity contribution < 1.29 is 9.53 Å². The topological polar surface area (TPSA) is 55.3 Å². The van der Waals surface area contributed by atoms with Gasteiger partial charge in [0, 0.05) is 27.8 Å². The average Bonchev–Trinajstić information content (AvgIpc) is 3.25. The molecule has 1 aliphatic heterocycles. The Morgan fingerprint density at radius 3 is 2.85 bits per heavy atom. The quantitative estimate of drug-likeness (QED) is 0.706. The summed E-state index contributed by atoms with van der Waals surface area (Å²) in [4.78, 5) is 12.8. The van der Waals surface area contributed by atoms with Gasteiger partial charge in [0.1, 0.15) is 6.54 Å². The highest BCUT2D eigenvalue weighted by Crippen LogP contribution is 2.28. The Kier molecular flexibility index (Phi) is 4.97. The number of hydrogen-bond acceptors (Lipinski definition) is 3. The summed E-state index contributed by atoms with van der Waals surface area (Å²) in [5.41, 5.74) is 6.68. The zero-order chi connectivity index (χ0) is 18.8. The van der Waals surface area contributed by atoms with E-state index in [2.05, 4.69) is 46.4 Å². The van der Waals surface area contributed by atoms with Crippen LogP contribution in [0.4, 0.5) is 5.69 Å². The van der Waals surface area contributed by atoms with Crippen LogP contribution >= 0.6 is 0 Å². The lowest BCUT2D eigenvalue weighted by Crippen LogP contribution is -2.20. The van der Waals surface area contributed by atoms with Crippen molar-refractivity contribution in [3.8, 4) is 0 Å².